The lowest BCUT2D eigenvalue weighted by atomic mass is 10.1. The molecule has 1 aliphatic heterocycles. The molecule has 11 heteroatoms. The van der Waals surface area contributed by atoms with Crippen LogP contribution in [0, 0.1) is 12.7 Å². The topological polar surface area (TPSA) is 108 Å². The number of rotatable bonds is 7. The molecular formula is C29H28FN5O4S. The van der Waals surface area contributed by atoms with E-state index in [9.17, 15) is 19.5 Å². The van der Waals surface area contributed by atoms with Crippen LogP contribution in [0.25, 0.3) is 22.2 Å². The second-order valence-corrected chi connectivity index (χ2v) is 11.2. The number of halogens is 1. The number of aryl methyl sites for hydroxylation is 1. The highest BCUT2D eigenvalue weighted by atomic mass is 32.1. The predicted octanol–water partition coefficient (Wildman–Crippen LogP) is 4.37. The van der Waals surface area contributed by atoms with Crippen LogP contribution in [0.3, 0.4) is 0 Å². The van der Waals surface area contributed by atoms with Crippen molar-refractivity contribution in [2.24, 2.45) is 0 Å². The van der Waals surface area contributed by atoms with Crippen LogP contribution in [0.5, 0.6) is 0 Å². The number of aromatic nitrogens is 2. The highest BCUT2D eigenvalue weighted by molar-refractivity contribution is 7.14. The maximum Gasteiger partial charge on any atom is 0.341 e. The quantitative estimate of drug-likeness (QED) is 0.345. The summed E-state index contributed by atoms with van der Waals surface area (Å²) >= 11 is 1.38. The van der Waals surface area contributed by atoms with Gasteiger partial charge in [0, 0.05) is 54.7 Å². The Bertz CT molecular complexity index is 1670. The number of anilines is 2. The summed E-state index contributed by atoms with van der Waals surface area (Å²) in [5.74, 6) is -2.03. The fraction of sp³-hybridized carbons (Fsp3) is 0.310. The molecule has 0 radical (unpaired) electrons. The Morgan fingerprint density at radius 2 is 1.85 bits per heavy atom. The van der Waals surface area contributed by atoms with E-state index in [1.54, 1.807) is 10.6 Å². The zero-order valence-corrected chi connectivity index (χ0v) is 22.7. The molecule has 1 amide bonds. The molecule has 4 aromatic rings. The van der Waals surface area contributed by atoms with Crippen LogP contribution < -0.4 is 15.6 Å². The number of carboxylic acids is 1. The summed E-state index contributed by atoms with van der Waals surface area (Å²) in [5.41, 5.74) is 2.88. The number of carbonyl (C=O) groups excluding carboxylic acids is 1. The molecule has 0 bridgehead atoms. The average molecular weight is 562 g/mol. The van der Waals surface area contributed by atoms with Gasteiger partial charge in [0.25, 0.3) is 0 Å². The van der Waals surface area contributed by atoms with Crippen molar-refractivity contribution >= 4 is 44.9 Å². The predicted molar refractivity (Wildman–Crippen MR) is 153 cm³/mol. The third-order valence-electron chi connectivity index (χ3n) is 7.45. The molecule has 6 rings (SSSR count). The molecule has 206 valence electrons. The van der Waals surface area contributed by atoms with Crippen LogP contribution in [-0.4, -0.2) is 64.2 Å². The van der Waals surface area contributed by atoms with Gasteiger partial charge in [-0.2, -0.15) is 0 Å². The van der Waals surface area contributed by atoms with E-state index in [2.05, 4.69) is 10.3 Å². The number of thiazole rings is 1. The van der Waals surface area contributed by atoms with E-state index < -0.39 is 17.2 Å². The smallest absolute Gasteiger partial charge is 0.341 e. The minimum atomic E-state index is -1.31. The number of benzene rings is 2. The molecule has 1 saturated heterocycles. The number of nitrogens with zero attached hydrogens (tertiary/aromatic N) is 4. The Balaban J connectivity index is 1.11. The van der Waals surface area contributed by atoms with Gasteiger partial charge in [-0.1, -0.05) is 29.8 Å². The van der Waals surface area contributed by atoms with Gasteiger partial charge in [0.1, 0.15) is 11.4 Å². The Morgan fingerprint density at radius 1 is 1.12 bits per heavy atom. The van der Waals surface area contributed by atoms with Crippen LogP contribution in [0.2, 0.25) is 0 Å². The lowest BCUT2D eigenvalue weighted by Crippen LogP contribution is -2.49. The minimum Gasteiger partial charge on any atom is -0.477 e. The van der Waals surface area contributed by atoms with Gasteiger partial charge in [-0.15, -0.1) is 11.3 Å². The van der Waals surface area contributed by atoms with Crippen molar-refractivity contribution in [1.29, 1.82) is 0 Å². The number of hydrogen-bond donors (Lipinski definition) is 2. The number of carbonyl (C=O) groups is 2. The molecular weight excluding hydrogens is 533 g/mol. The van der Waals surface area contributed by atoms with Crippen molar-refractivity contribution < 1.29 is 19.1 Å². The zero-order valence-electron chi connectivity index (χ0n) is 21.9. The molecule has 3 heterocycles. The van der Waals surface area contributed by atoms with Crippen LogP contribution in [-0.2, 0) is 4.79 Å². The van der Waals surface area contributed by atoms with E-state index in [-0.39, 0.29) is 29.4 Å². The van der Waals surface area contributed by atoms with E-state index in [1.807, 2.05) is 46.4 Å². The largest absolute Gasteiger partial charge is 0.477 e. The van der Waals surface area contributed by atoms with Gasteiger partial charge in [0.15, 0.2) is 5.13 Å². The summed E-state index contributed by atoms with van der Waals surface area (Å²) in [4.78, 5) is 45.5. The lowest BCUT2D eigenvalue weighted by Gasteiger charge is -2.36. The number of aromatic carboxylic acids is 1. The maximum absolute atomic E-state index is 15.2. The van der Waals surface area contributed by atoms with E-state index >= 15 is 4.39 Å². The molecule has 2 aromatic heterocycles. The van der Waals surface area contributed by atoms with Gasteiger partial charge in [0.2, 0.25) is 11.3 Å². The Hall–Kier alpha value is -4.09. The first-order valence-electron chi connectivity index (χ1n) is 13.2. The van der Waals surface area contributed by atoms with Crippen molar-refractivity contribution in [2.75, 3.05) is 42.9 Å². The monoisotopic (exact) mass is 561 g/mol. The molecule has 2 fully saturated rings. The number of piperazine rings is 1. The average Bonchev–Trinajstić information content (AvgIpc) is 3.67. The number of carboxylic acid groups (broad SMARTS) is 1. The van der Waals surface area contributed by atoms with E-state index in [0.717, 1.165) is 30.2 Å². The number of hydrogen-bond acceptors (Lipinski definition) is 7. The van der Waals surface area contributed by atoms with E-state index in [1.165, 1.54) is 23.1 Å². The summed E-state index contributed by atoms with van der Waals surface area (Å²) < 4.78 is 17.0. The molecule has 2 N–H and O–H groups in total. The van der Waals surface area contributed by atoms with Crippen LogP contribution in [0.1, 0.15) is 34.8 Å². The zero-order chi connectivity index (χ0) is 28.0. The van der Waals surface area contributed by atoms with Gasteiger partial charge in [-0.05, 0) is 31.9 Å². The number of pyridine rings is 1. The molecule has 1 aliphatic carbocycles. The highest BCUT2D eigenvalue weighted by Crippen LogP contribution is 2.38. The molecule has 9 nitrogen and oxygen atoms in total. The van der Waals surface area contributed by atoms with Crippen LogP contribution in [0.4, 0.5) is 15.2 Å². The van der Waals surface area contributed by atoms with Crippen LogP contribution in [0.15, 0.2) is 52.8 Å². The van der Waals surface area contributed by atoms with Crippen molar-refractivity contribution in [3.63, 3.8) is 0 Å². The van der Waals surface area contributed by atoms with Crippen molar-refractivity contribution in [1.82, 2.24) is 14.5 Å². The SMILES string of the molecule is Cc1ccc(-c2csc(NC(=O)CN3CCN(c4cc5c(cc4F)c(=O)c(C(=O)O)cn5C4CC4)CC3)n2)cc1. The maximum atomic E-state index is 15.2. The standard InChI is InChI=1S/C29H28FN5O4S/c1-17-2-4-18(5-3-17)23-16-40-29(31-23)32-26(36)15-33-8-10-34(11-9-33)25-13-24-20(12-22(25)30)27(37)21(28(38)39)14-35(24)19-6-7-19/h2-5,12-14,16,19H,6-11,15H2,1H3,(H,38,39)(H,31,32,36). The fourth-order valence-electron chi connectivity index (χ4n) is 5.10. The second kappa shape index (κ2) is 10.5. The number of amides is 1. The van der Waals surface area contributed by atoms with Gasteiger partial charge in [-0.3, -0.25) is 14.5 Å². The normalized spacial score (nSPS) is 15.9. The first-order valence-corrected chi connectivity index (χ1v) is 14.1. The van der Waals surface area contributed by atoms with Gasteiger partial charge in [-0.25, -0.2) is 14.2 Å². The molecule has 1 saturated carbocycles. The third kappa shape index (κ3) is 5.22. The summed E-state index contributed by atoms with van der Waals surface area (Å²) in [5, 5.41) is 14.9. The van der Waals surface area contributed by atoms with Crippen molar-refractivity contribution in [2.45, 2.75) is 25.8 Å². The van der Waals surface area contributed by atoms with E-state index in [4.69, 9.17) is 0 Å². The first kappa shape index (κ1) is 26.1. The summed E-state index contributed by atoms with van der Waals surface area (Å²) in [6.07, 6.45) is 3.16. The Labute approximate surface area is 233 Å². The molecule has 0 spiro atoms. The first-order chi connectivity index (χ1) is 19.3. The minimum absolute atomic E-state index is 0.0797. The van der Waals surface area contributed by atoms with Gasteiger partial charge in [0.05, 0.1) is 23.4 Å². The van der Waals surface area contributed by atoms with Gasteiger partial charge < -0.3 is 19.9 Å². The van der Waals surface area contributed by atoms with Crippen LogP contribution >= 0.6 is 11.3 Å². The third-order valence-corrected chi connectivity index (χ3v) is 8.21. The second-order valence-electron chi connectivity index (χ2n) is 10.4. The molecule has 0 unspecified atom stereocenters. The highest BCUT2D eigenvalue weighted by Gasteiger charge is 2.29. The fourth-order valence-corrected chi connectivity index (χ4v) is 5.84. The molecule has 2 aromatic carbocycles. The lowest BCUT2D eigenvalue weighted by molar-refractivity contribution is -0.117. The van der Waals surface area contributed by atoms with Crippen molar-refractivity contribution in [3.8, 4) is 11.3 Å². The number of fused-ring (bicyclic) bond motifs is 1. The Morgan fingerprint density at radius 3 is 2.52 bits per heavy atom. The molecule has 2 aliphatic rings. The molecule has 0 atom stereocenters. The Kier molecular flexibility index (Phi) is 6.85. The van der Waals surface area contributed by atoms with E-state index in [0.29, 0.717) is 42.5 Å². The van der Waals surface area contributed by atoms with Gasteiger partial charge >= 0.3 is 5.97 Å². The molecule has 40 heavy (non-hydrogen) atoms. The summed E-state index contributed by atoms with van der Waals surface area (Å²) in [7, 11) is 0. The van der Waals surface area contributed by atoms with Crippen molar-refractivity contribution in [3.05, 3.63) is 75.1 Å². The number of nitrogens with one attached hydrogen (secondary N) is 1. The summed E-state index contributed by atoms with van der Waals surface area (Å²) in [6, 6.07) is 11.0. The summed E-state index contributed by atoms with van der Waals surface area (Å²) in [6.45, 7) is 4.36.